The van der Waals surface area contributed by atoms with E-state index in [0.29, 0.717) is 12.3 Å². The summed E-state index contributed by atoms with van der Waals surface area (Å²) in [5.41, 5.74) is 9.90. The van der Waals surface area contributed by atoms with Crippen LogP contribution in [0.3, 0.4) is 0 Å². The minimum atomic E-state index is 0.149. The molecule has 0 atom stereocenters. The van der Waals surface area contributed by atoms with Gasteiger partial charge in [-0.3, -0.25) is 4.79 Å². The summed E-state index contributed by atoms with van der Waals surface area (Å²) in [7, 11) is 0. The van der Waals surface area contributed by atoms with E-state index in [4.69, 9.17) is 5.73 Å². The van der Waals surface area contributed by atoms with Gasteiger partial charge in [-0.2, -0.15) is 0 Å². The molecule has 0 aliphatic carbocycles. The van der Waals surface area contributed by atoms with Crippen LogP contribution in [0, 0.1) is 6.92 Å². The summed E-state index contributed by atoms with van der Waals surface area (Å²) in [4.78, 5) is 15.2. The van der Waals surface area contributed by atoms with Gasteiger partial charge in [-0.25, -0.2) is 0 Å². The van der Waals surface area contributed by atoms with Crippen molar-refractivity contribution >= 4 is 29.0 Å². The van der Waals surface area contributed by atoms with Gasteiger partial charge in [0, 0.05) is 10.6 Å². The summed E-state index contributed by atoms with van der Waals surface area (Å²) in [6.45, 7) is 2.69. The fourth-order valence-electron chi connectivity index (χ4n) is 2.35. The molecule has 102 valence electrons. The number of hydrogen-bond donors (Lipinski definition) is 1. The van der Waals surface area contributed by atoms with Crippen molar-refractivity contribution in [2.75, 3.05) is 16.4 Å². The van der Waals surface area contributed by atoms with Crippen molar-refractivity contribution in [3.8, 4) is 0 Å². The lowest BCUT2D eigenvalue weighted by Gasteiger charge is -2.29. The van der Waals surface area contributed by atoms with E-state index in [1.165, 1.54) is 11.1 Å². The van der Waals surface area contributed by atoms with Gasteiger partial charge < -0.3 is 10.6 Å². The van der Waals surface area contributed by atoms with Crippen molar-refractivity contribution in [1.82, 2.24) is 0 Å². The highest BCUT2D eigenvalue weighted by molar-refractivity contribution is 8.00. The van der Waals surface area contributed by atoms with Gasteiger partial charge in [0.25, 0.3) is 0 Å². The number of carbonyl (C=O) groups excluding carboxylic acids is 1. The van der Waals surface area contributed by atoms with Crippen molar-refractivity contribution < 1.29 is 4.79 Å². The second-order valence-corrected chi connectivity index (χ2v) is 5.94. The second kappa shape index (κ2) is 5.21. The van der Waals surface area contributed by atoms with Crippen LogP contribution in [0.2, 0.25) is 0 Å². The Labute approximate surface area is 122 Å². The topological polar surface area (TPSA) is 46.3 Å². The molecular weight excluding hydrogens is 268 g/mol. The number of nitrogens with two attached hydrogens (primary N) is 1. The molecule has 2 N–H and O–H groups in total. The number of nitrogen functional groups attached to an aromatic ring is 1. The fraction of sp³-hybridized carbons (Fsp3) is 0.188. The zero-order valence-corrected chi connectivity index (χ0v) is 12.1. The SMILES string of the molecule is Cc1ccccc1CN1C(=O)CSc2cc(N)ccc21. The number of hydrogen-bond acceptors (Lipinski definition) is 3. The Balaban J connectivity index is 1.97. The molecular formula is C16H16N2OS. The van der Waals surface area contributed by atoms with Gasteiger partial charge in [0.15, 0.2) is 0 Å². The van der Waals surface area contributed by atoms with Crippen molar-refractivity contribution in [3.63, 3.8) is 0 Å². The van der Waals surface area contributed by atoms with E-state index in [1.807, 2.05) is 35.2 Å². The van der Waals surface area contributed by atoms with Crippen LogP contribution in [-0.2, 0) is 11.3 Å². The Morgan fingerprint density at radius 2 is 2.05 bits per heavy atom. The van der Waals surface area contributed by atoms with Gasteiger partial charge in [-0.15, -0.1) is 11.8 Å². The number of anilines is 2. The molecule has 3 rings (SSSR count). The zero-order valence-electron chi connectivity index (χ0n) is 11.3. The molecule has 4 heteroatoms. The third-order valence-electron chi connectivity index (χ3n) is 3.52. The summed E-state index contributed by atoms with van der Waals surface area (Å²) in [5, 5.41) is 0. The highest BCUT2D eigenvalue weighted by Crippen LogP contribution is 2.37. The third kappa shape index (κ3) is 2.39. The largest absolute Gasteiger partial charge is 0.399 e. The molecule has 0 fully saturated rings. The van der Waals surface area contributed by atoms with Gasteiger partial charge in [0.1, 0.15) is 0 Å². The second-order valence-electron chi connectivity index (χ2n) is 4.92. The number of fused-ring (bicyclic) bond motifs is 1. The predicted molar refractivity (Wildman–Crippen MR) is 83.9 cm³/mol. The Kier molecular flexibility index (Phi) is 3.40. The maximum Gasteiger partial charge on any atom is 0.237 e. The number of nitrogens with zero attached hydrogens (tertiary/aromatic N) is 1. The van der Waals surface area contributed by atoms with Gasteiger partial charge in [-0.1, -0.05) is 24.3 Å². The van der Waals surface area contributed by atoms with E-state index in [9.17, 15) is 4.79 Å². The van der Waals surface area contributed by atoms with Crippen LogP contribution < -0.4 is 10.6 Å². The number of rotatable bonds is 2. The van der Waals surface area contributed by atoms with E-state index in [0.717, 1.165) is 16.3 Å². The van der Waals surface area contributed by atoms with Crippen LogP contribution in [0.1, 0.15) is 11.1 Å². The van der Waals surface area contributed by atoms with Gasteiger partial charge >= 0.3 is 0 Å². The minimum Gasteiger partial charge on any atom is -0.399 e. The number of thioether (sulfide) groups is 1. The molecule has 0 aromatic heterocycles. The molecule has 1 heterocycles. The van der Waals surface area contributed by atoms with Gasteiger partial charge in [-0.05, 0) is 36.2 Å². The van der Waals surface area contributed by atoms with Crippen molar-refractivity contribution in [3.05, 3.63) is 53.6 Å². The van der Waals surface area contributed by atoms with E-state index >= 15 is 0 Å². The summed E-state index contributed by atoms with van der Waals surface area (Å²) < 4.78 is 0. The van der Waals surface area contributed by atoms with Crippen LogP contribution in [0.5, 0.6) is 0 Å². The first-order chi connectivity index (χ1) is 9.65. The summed E-state index contributed by atoms with van der Waals surface area (Å²) in [6, 6.07) is 13.9. The molecule has 0 unspecified atom stereocenters. The number of aryl methyl sites for hydroxylation is 1. The smallest absolute Gasteiger partial charge is 0.237 e. The molecule has 2 aromatic carbocycles. The minimum absolute atomic E-state index is 0.149. The Morgan fingerprint density at radius 1 is 1.25 bits per heavy atom. The summed E-state index contributed by atoms with van der Waals surface area (Å²) >= 11 is 1.56. The highest BCUT2D eigenvalue weighted by Gasteiger charge is 2.25. The zero-order chi connectivity index (χ0) is 14.1. The maximum atomic E-state index is 12.2. The molecule has 0 spiro atoms. The van der Waals surface area contributed by atoms with Crippen molar-refractivity contribution in [2.45, 2.75) is 18.4 Å². The molecule has 1 aliphatic heterocycles. The lowest BCUT2D eigenvalue weighted by Crippen LogP contribution is -2.35. The van der Waals surface area contributed by atoms with E-state index in [2.05, 4.69) is 19.1 Å². The lowest BCUT2D eigenvalue weighted by atomic mass is 10.1. The first kappa shape index (κ1) is 13.1. The van der Waals surface area contributed by atoms with Crippen LogP contribution in [-0.4, -0.2) is 11.7 Å². The Morgan fingerprint density at radius 3 is 2.85 bits per heavy atom. The Bertz CT molecular complexity index is 669. The molecule has 3 nitrogen and oxygen atoms in total. The third-order valence-corrected chi connectivity index (χ3v) is 4.55. The molecule has 0 bridgehead atoms. The molecule has 2 aromatic rings. The summed E-state index contributed by atoms with van der Waals surface area (Å²) in [5.74, 6) is 0.623. The van der Waals surface area contributed by atoms with Crippen LogP contribution in [0.15, 0.2) is 47.4 Å². The molecule has 0 saturated carbocycles. The van der Waals surface area contributed by atoms with E-state index < -0.39 is 0 Å². The lowest BCUT2D eigenvalue weighted by molar-refractivity contribution is -0.116. The van der Waals surface area contributed by atoms with Crippen molar-refractivity contribution in [2.24, 2.45) is 0 Å². The molecule has 0 saturated heterocycles. The standard InChI is InChI=1S/C16H16N2OS/c1-11-4-2-3-5-12(11)9-18-14-7-6-13(17)8-15(14)20-10-16(18)19/h2-8H,9-10,17H2,1H3. The van der Waals surface area contributed by atoms with Gasteiger partial charge in [0.05, 0.1) is 18.0 Å². The average molecular weight is 284 g/mol. The monoisotopic (exact) mass is 284 g/mol. The molecule has 1 amide bonds. The molecule has 1 aliphatic rings. The predicted octanol–water partition coefficient (Wildman–Crippen LogP) is 3.22. The fourth-order valence-corrected chi connectivity index (χ4v) is 3.33. The van der Waals surface area contributed by atoms with Gasteiger partial charge in [0.2, 0.25) is 5.91 Å². The maximum absolute atomic E-state index is 12.2. The van der Waals surface area contributed by atoms with Crippen LogP contribution in [0.4, 0.5) is 11.4 Å². The summed E-state index contributed by atoms with van der Waals surface area (Å²) in [6.07, 6.45) is 0. The Hall–Kier alpha value is -1.94. The number of benzene rings is 2. The van der Waals surface area contributed by atoms with E-state index in [1.54, 1.807) is 11.8 Å². The number of carbonyl (C=O) groups is 1. The highest BCUT2D eigenvalue weighted by atomic mass is 32.2. The van der Waals surface area contributed by atoms with E-state index in [-0.39, 0.29) is 5.91 Å². The molecule has 0 radical (unpaired) electrons. The average Bonchev–Trinajstić information content (AvgIpc) is 2.44. The normalized spacial score (nSPS) is 14.2. The van der Waals surface area contributed by atoms with Crippen LogP contribution in [0.25, 0.3) is 0 Å². The molecule has 20 heavy (non-hydrogen) atoms. The van der Waals surface area contributed by atoms with Crippen LogP contribution >= 0.6 is 11.8 Å². The van der Waals surface area contributed by atoms with Crippen molar-refractivity contribution in [1.29, 1.82) is 0 Å². The quantitative estimate of drug-likeness (QED) is 0.861. The first-order valence-electron chi connectivity index (χ1n) is 6.52. The first-order valence-corrected chi connectivity index (χ1v) is 7.51. The number of amides is 1.